The van der Waals surface area contributed by atoms with Crippen LogP contribution >= 0.6 is 23.2 Å². The lowest BCUT2D eigenvalue weighted by atomic mass is 9.98. The number of hydrogen-bond acceptors (Lipinski definition) is 2. The molecule has 1 aromatic carbocycles. The summed E-state index contributed by atoms with van der Waals surface area (Å²) in [5.41, 5.74) is 7.84. The van der Waals surface area contributed by atoms with Crippen molar-refractivity contribution < 1.29 is 0 Å². The number of aromatic nitrogens is 2. The third-order valence-electron chi connectivity index (χ3n) is 4.28. The van der Waals surface area contributed by atoms with Crippen molar-refractivity contribution in [1.29, 1.82) is 0 Å². The van der Waals surface area contributed by atoms with E-state index in [-0.39, 0.29) is 0 Å². The summed E-state index contributed by atoms with van der Waals surface area (Å²) in [6, 6.07) is 3.65. The lowest BCUT2D eigenvalue weighted by molar-refractivity contribution is 0.370. The molecular formula is C14H17Cl2N3. The van der Waals surface area contributed by atoms with Crippen molar-refractivity contribution in [2.24, 2.45) is 11.8 Å². The van der Waals surface area contributed by atoms with Crippen LogP contribution in [0.4, 0.5) is 5.95 Å². The van der Waals surface area contributed by atoms with Gasteiger partial charge in [-0.3, -0.25) is 0 Å². The summed E-state index contributed by atoms with van der Waals surface area (Å²) >= 11 is 12.1. The smallest absolute Gasteiger partial charge is 0.201 e. The number of hydrogen-bond donors (Lipinski definition) is 1. The van der Waals surface area contributed by atoms with E-state index in [1.807, 2.05) is 6.07 Å². The first-order chi connectivity index (χ1) is 9.06. The van der Waals surface area contributed by atoms with Gasteiger partial charge >= 0.3 is 0 Å². The third kappa shape index (κ3) is 2.30. The quantitative estimate of drug-likeness (QED) is 0.895. The highest BCUT2D eigenvalue weighted by Crippen LogP contribution is 2.35. The number of anilines is 1. The first-order valence-electron chi connectivity index (χ1n) is 6.67. The van der Waals surface area contributed by atoms with Gasteiger partial charge in [-0.2, -0.15) is 0 Å². The standard InChI is InChI=1S/C14H17Cl2N3/c1-8-3-2-4-9(8)7-19-13-6-11(16)10(15)5-12(13)18-14(19)17/h5-6,8-9H,2-4,7H2,1H3,(H2,17,18). The Morgan fingerprint density at radius 2 is 2.05 bits per heavy atom. The number of nitrogens with two attached hydrogens (primary N) is 1. The summed E-state index contributed by atoms with van der Waals surface area (Å²) in [6.45, 7) is 3.23. The molecule has 2 atom stereocenters. The zero-order valence-corrected chi connectivity index (χ0v) is 12.4. The molecule has 0 aliphatic heterocycles. The average Bonchev–Trinajstić information content (AvgIpc) is 2.88. The van der Waals surface area contributed by atoms with Crippen molar-refractivity contribution >= 4 is 40.2 Å². The van der Waals surface area contributed by atoms with Crippen LogP contribution in [0, 0.1) is 11.8 Å². The van der Waals surface area contributed by atoms with Crippen LogP contribution in [0.2, 0.25) is 10.0 Å². The van der Waals surface area contributed by atoms with Crippen molar-refractivity contribution in [2.75, 3.05) is 5.73 Å². The molecule has 19 heavy (non-hydrogen) atoms. The van der Waals surface area contributed by atoms with Gasteiger partial charge in [0.25, 0.3) is 0 Å². The second-order valence-corrected chi connectivity index (χ2v) is 6.32. The van der Waals surface area contributed by atoms with Crippen LogP contribution in [-0.4, -0.2) is 9.55 Å². The largest absolute Gasteiger partial charge is 0.369 e. The van der Waals surface area contributed by atoms with Gasteiger partial charge in [0.1, 0.15) is 0 Å². The van der Waals surface area contributed by atoms with Gasteiger partial charge in [0.15, 0.2) is 0 Å². The Bertz CT molecular complexity index is 621. The molecule has 1 fully saturated rings. The van der Waals surface area contributed by atoms with Gasteiger partial charge in [-0.05, 0) is 30.4 Å². The summed E-state index contributed by atoms with van der Waals surface area (Å²) < 4.78 is 2.07. The van der Waals surface area contributed by atoms with Crippen LogP contribution in [-0.2, 0) is 6.54 Å². The second kappa shape index (κ2) is 4.88. The van der Waals surface area contributed by atoms with E-state index >= 15 is 0 Å². The zero-order valence-electron chi connectivity index (χ0n) is 10.9. The Morgan fingerprint density at radius 3 is 2.74 bits per heavy atom. The minimum absolute atomic E-state index is 0.521. The number of nitrogen functional groups attached to an aromatic ring is 1. The normalized spacial score (nSPS) is 23.3. The molecule has 2 N–H and O–H groups in total. The number of halogens is 2. The van der Waals surface area contributed by atoms with E-state index in [2.05, 4.69) is 16.5 Å². The van der Waals surface area contributed by atoms with Gasteiger partial charge in [-0.15, -0.1) is 0 Å². The Morgan fingerprint density at radius 1 is 1.32 bits per heavy atom. The third-order valence-corrected chi connectivity index (χ3v) is 5.00. The molecule has 102 valence electrons. The van der Waals surface area contributed by atoms with E-state index in [9.17, 15) is 0 Å². The molecule has 1 aromatic heterocycles. The van der Waals surface area contributed by atoms with Crippen molar-refractivity contribution in [3.05, 3.63) is 22.2 Å². The van der Waals surface area contributed by atoms with Crippen LogP contribution < -0.4 is 5.73 Å². The monoisotopic (exact) mass is 297 g/mol. The summed E-state index contributed by atoms with van der Waals surface area (Å²) in [7, 11) is 0. The number of rotatable bonds is 2. The number of imidazole rings is 1. The van der Waals surface area contributed by atoms with Crippen molar-refractivity contribution in [3.8, 4) is 0 Å². The van der Waals surface area contributed by atoms with Gasteiger partial charge in [-0.25, -0.2) is 4.98 Å². The molecule has 0 saturated heterocycles. The van der Waals surface area contributed by atoms with Gasteiger partial charge in [0.2, 0.25) is 5.95 Å². The summed E-state index contributed by atoms with van der Waals surface area (Å²) in [5, 5.41) is 1.07. The fraction of sp³-hybridized carbons (Fsp3) is 0.500. The topological polar surface area (TPSA) is 43.8 Å². The van der Waals surface area contributed by atoms with Crippen molar-refractivity contribution in [1.82, 2.24) is 9.55 Å². The Kier molecular flexibility index (Phi) is 3.35. The molecule has 0 radical (unpaired) electrons. The van der Waals surface area contributed by atoms with Crippen LogP contribution in [0.3, 0.4) is 0 Å². The first-order valence-corrected chi connectivity index (χ1v) is 7.42. The highest BCUT2D eigenvalue weighted by Gasteiger charge is 2.25. The Balaban J connectivity index is 2.02. The lowest BCUT2D eigenvalue weighted by Gasteiger charge is -2.17. The van der Waals surface area contributed by atoms with Gasteiger partial charge in [0.05, 0.1) is 21.1 Å². The molecule has 3 nitrogen and oxygen atoms in total. The molecule has 2 aromatic rings. The first kappa shape index (κ1) is 13.1. The molecule has 1 heterocycles. The van der Waals surface area contributed by atoms with E-state index in [1.54, 1.807) is 6.07 Å². The summed E-state index contributed by atoms with van der Waals surface area (Å²) in [6.07, 6.45) is 3.89. The molecule has 2 unspecified atom stereocenters. The van der Waals surface area contributed by atoms with Crippen LogP contribution in [0.15, 0.2) is 12.1 Å². The molecule has 0 spiro atoms. The van der Waals surface area contributed by atoms with E-state index in [0.717, 1.165) is 23.5 Å². The highest BCUT2D eigenvalue weighted by molar-refractivity contribution is 6.42. The summed E-state index contributed by atoms with van der Waals surface area (Å²) in [5.74, 6) is 1.97. The minimum Gasteiger partial charge on any atom is -0.369 e. The Hall–Kier alpha value is -0.930. The van der Waals surface area contributed by atoms with Gasteiger partial charge < -0.3 is 10.3 Å². The van der Waals surface area contributed by atoms with E-state index in [1.165, 1.54) is 19.3 Å². The molecule has 0 bridgehead atoms. The minimum atomic E-state index is 0.521. The number of fused-ring (bicyclic) bond motifs is 1. The lowest BCUT2D eigenvalue weighted by Crippen LogP contribution is -2.14. The Labute approximate surface area is 122 Å². The van der Waals surface area contributed by atoms with E-state index < -0.39 is 0 Å². The maximum Gasteiger partial charge on any atom is 0.201 e. The number of benzene rings is 1. The van der Waals surface area contributed by atoms with Crippen LogP contribution in [0.5, 0.6) is 0 Å². The fourth-order valence-electron chi connectivity index (χ4n) is 3.06. The predicted octanol–water partition coefficient (Wildman–Crippen LogP) is 4.36. The van der Waals surface area contributed by atoms with Gasteiger partial charge in [-0.1, -0.05) is 43.0 Å². The predicted molar refractivity (Wildman–Crippen MR) is 80.7 cm³/mol. The molecule has 1 aliphatic rings. The van der Waals surface area contributed by atoms with E-state index in [4.69, 9.17) is 28.9 Å². The number of nitrogens with zero attached hydrogens (tertiary/aromatic N) is 2. The molecule has 0 amide bonds. The second-order valence-electron chi connectivity index (χ2n) is 5.50. The molecule has 1 saturated carbocycles. The van der Waals surface area contributed by atoms with Gasteiger partial charge in [0, 0.05) is 6.54 Å². The van der Waals surface area contributed by atoms with Crippen molar-refractivity contribution in [2.45, 2.75) is 32.7 Å². The fourth-order valence-corrected chi connectivity index (χ4v) is 3.37. The van der Waals surface area contributed by atoms with Crippen molar-refractivity contribution in [3.63, 3.8) is 0 Å². The van der Waals surface area contributed by atoms with Crippen LogP contribution in [0.25, 0.3) is 11.0 Å². The van der Waals surface area contributed by atoms with E-state index in [0.29, 0.717) is 21.9 Å². The molecule has 1 aliphatic carbocycles. The molecular weight excluding hydrogens is 281 g/mol. The maximum absolute atomic E-state index is 6.10. The summed E-state index contributed by atoms with van der Waals surface area (Å²) in [4.78, 5) is 4.38. The zero-order chi connectivity index (χ0) is 13.6. The molecule has 5 heteroatoms. The SMILES string of the molecule is CC1CCCC1Cn1c(N)nc2cc(Cl)c(Cl)cc21. The average molecular weight is 298 g/mol. The maximum atomic E-state index is 6.10. The highest BCUT2D eigenvalue weighted by atomic mass is 35.5. The van der Waals surface area contributed by atoms with Crippen LogP contribution in [0.1, 0.15) is 26.2 Å². The molecule has 3 rings (SSSR count).